The zero-order valence-electron chi connectivity index (χ0n) is 12.9. The summed E-state index contributed by atoms with van der Waals surface area (Å²) in [7, 11) is 0. The summed E-state index contributed by atoms with van der Waals surface area (Å²) in [5.41, 5.74) is 0.789. The van der Waals surface area contributed by atoms with Crippen LogP contribution < -0.4 is 15.5 Å². The van der Waals surface area contributed by atoms with Crippen LogP contribution in [-0.4, -0.2) is 24.5 Å². The van der Waals surface area contributed by atoms with Gasteiger partial charge in [-0.3, -0.25) is 4.79 Å². The minimum atomic E-state index is -0.558. The highest BCUT2D eigenvalue weighted by Crippen LogP contribution is 2.24. The lowest BCUT2D eigenvalue weighted by Gasteiger charge is -2.17. The Balaban J connectivity index is 1.61. The van der Waals surface area contributed by atoms with Gasteiger partial charge in [-0.1, -0.05) is 27.5 Å². The molecule has 1 saturated heterocycles. The van der Waals surface area contributed by atoms with E-state index in [1.807, 2.05) is 0 Å². The second-order valence-corrected chi connectivity index (χ2v) is 6.96. The number of carbonyl (C=O) groups excluding carboxylic acids is 2. The lowest BCUT2D eigenvalue weighted by molar-refractivity contribution is -0.117. The fourth-order valence-corrected chi connectivity index (χ4v) is 3.07. The van der Waals surface area contributed by atoms with E-state index in [1.54, 1.807) is 35.2 Å². The van der Waals surface area contributed by atoms with Crippen LogP contribution in [0.5, 0.6) is 0 Å². The maximum absolute atomic E-state index is 13.8. The van der Waals surface area contributed by atoms with Crippen LogP contribution in [0.4, 0.5) is 20.6 Å². The summed E-state index contributed by atoms with van der Waals surface area (Å²) in [4.78, 5) is 25.8. The molecule has 0 aromatic heterocycles. The van der Waals surface area contributed by atoms with Crippen molar-refractivity contribution in [3.05, 3.63) is 57.8 Å². The molecule has 1 heterocycles. The molecule has 1 aliphatic rings. The maximum Gasteiger partial charge on any atom is 0.319 e. The number of carbonyl (C=O) groups is 2. The number of hydrogen-bond donors (Lipinski definition) is 2. The molecule has 2 aromatic rings. The molecule has 3 amide bonds. The van der Waals surface area contributed by atoms with Gasteiger partial charge >= 0.3 is 6.03 Å². The number of rotatable bonds is 3. The molecule has 25 heavy (non-hydrogen) atoms. The van der Waals surface area contributed by atoms with Gasteiger partial charge in [-0.2, -0.15) is 0 Å². The van der Waals surface area contributed by atoms with Crippen molar-refractivity contribution in [3.8, 4) is 0 Å². The predicted molar refractivity (Wildman–Crippen MR) is 98.5 cm³/mol. The number of nitrogens with one attached hydrogen (secondary N) is 2. The fraction of sp³-hybridized carbons (Fsp3) is 0.176. The van der Waals surface area contributed by atoms with Crippen molar-refractivity contribution >= 4 is 50.8 Å². The topological polar surface area (TPSA) is 61.4 Å². The molecule has 3 rings (SSSR count). The summed E-state index contributed by atoms with van der Waals surface area (Å²) in [5, 5.41) is 5.73. The van der Waals surface area contributed by atoms with Crippen molar-refractivity contribution in [2.24, 2.45) is 0 Å². The number of benzene rings is 2. The summed E-state index contributed by atoms with van der Waals surface area (Å²) in [6.45, 7) is 0.344. The van der Waals surface area contributed by atoms with Gasteiger partial charge in [0.1, 0.15) is 5.82 Å². The van der Waals surface area contributed by atoms with Crippen LogP contribution in [0.1, 0.15) is 6.42 Å². The first-order chi connectivity index (χ1) is 11.9. The average Bonchev–Trinajstić information content (AvgIpc) is 2.91. The Morgan fingerprint density at radius 2 is 1.96 bits per heavy atom. The van der Waals surface area contributed by atoms with Crippen LogP contribution in [0.2, 0.25) is 5.02 Å². The van der Waals surface area contributed by atoms with E-state index < -0.39 is 11.8 Å². The van der Waals surface area contributed by atoms with Crippen LogP contribution in [0.3, 0.4) is 0 Å². The van der Waals surface area contributed by atoms with Gasteiger partial charge in [0.25, 0.3) is 0 Å². The number of halogens is 3. The van der Waals surface area contributed by atoms with Crippen LogP contribution in [0.25, 0.3) is 0 Å². The molecule has 0 radical (unpaired) electrons. The molecule has 2 N–H and O–H groups in total. The average molecular weight is 427 g/mol. The van der Waals surface area contributed by atoms with Crippen LogP contribution in [0, 0.1) is 5.82 Å². The number of nitrogens with zero attached hydrogens (tertiary/aromatic N) is 1. The second-order valence-electron chi connectivity index (χ2n) is 5.60. The van der Waals surface area contributed by atoms with Crippen LogP contribution in [0.15, 0.2) is 46.9 Å². The molecule has 1 fully saturated rings. The van der Waals surface area contributed by atoms with Gasteiger partial charge in [-0.25, -0.2) is 9.18 Å². The molecule has 5 nitrogen and oxygen atoms in total. The summed E-state index contributed by atoms with van der Waals surface area (Å²) in [6.07, 6.45) is 0.179. The Bertz CT molecular complexity index is 816. The summed E-state index contributed by atoms with van der Waals surface area (Å²) in [6, 6.07) is 10.3. The highest BCUT2D eigenvalue weighted by atomic mass is 79.9. The molecule has 1 atom stereocenters. The van der Waals surface area contributed by atoms with E-state index in [-0.39, 0.29) is 24.1 Å². The van der Waals surface area contributed by atoms with E-state index in [9.17, 15) is 14.0 Å². The van der Waals surface area contributed by atoms with Gasteiger partial charge < -0.3 is 15.5 Å². The van der Waals surface area contributed by atoms with Gasteiger partial charge in [-0.15, -0.1) is 0 Å². The third-order valence-electron chi connectivity index (χ3n) is 3.78. The first-order valence-corrected chi connectivity index (χ1v) is 8.68. The zero-order valence-corrected chi connectivity index (χ0v) is 15.3. The molecule has 130 valence electrons. The Kier molecular flexibility index (Phi) is 5.24. The smallest absolute Gasteiger partial charge is 0.319 e. The van der Waals surface area contributed by atoms with E-state index in [0.29, 0.717) is 16.0 Å². The van der Waals surface area contributed by atoms with E-state index in [4.69, 9.17) is 11.6 Å². The van der Waals surface area contributed by atoms with Crippen molar-refractivity contribution in [2.75, 3.05) is 16.8 Å². The molecule has 1 aliphatic heterocycles. The first-order valence-electron chi connectivity index (χ1n) is 7.51. The molecule has 8 heteroatoms. The monoisotopic (exact) mass is 425 g/mol. The first kappa shape index (κ1) is 17.7. The Morgan fingerprint density at radius 1 is 1.24 bits per heavy atom. The largest absolute Gasteiger partial charge is 0.333 e. The zero-order chi connectivity index (χ0) is 18.0. The van der Waals surface area contributed by atoms with Crippen molar-refractivity contribution in [1.82, 2.24) is 5.32 Å². The van der Waals surface area contributed by atoms with Gasteiger partial charge in [0, 0.05) is 28.1 Å². The molecule has 0 spiro atoms. The second kappa shape index (κ2) is 7.41. The maximum atomic E-state index is 13.8. The van der Waals surface area contributed by atoms with E-state index in [0.717, 1.165) is 5.69 Å². The minimum Gasteiger partial charge on any atom is -0.333 e. The highest BCUT2D eigenvalue weighted by Gasteiger charge is 2.31. The van der Waals surface area contributed by atoms with Gasteiger partial charge in [0.15, 0.2) is 0 Å². The third-order valence-corrected chi connectivity index (χ3v) is 4.52. The lowest BCUT2D eigenvalue weighted by Crippen LogP contribution is -2.39. The third kappa shape index (κ3) is 4.29. The van der Waals surface area contributed by atoms with E-state index in [2.05, 4.69) is 26.6 Å². The predicted octanol–water partition coefficient (Wildman–Crippen LogP) is 4.17. The molecule has 0 unspecified atom stereocenters. The quantitative estimate of drug-likeness (QED) is 0.774. The number of amides is 3. The van der Waals surface area contributed by atoms with Crippen LogP contribution >= 0.6 is 27.5 Å². The van der Waals surface area contributed by atoms with Gasteiger partial charge in [0.05, 0.1) is 11.7 Å². The van der Waals surface area contributed by atoms with Crippen LogP contribution in [-0.2, 0) is 4.79 Å². The summed E-state index contributed by atoms with van der Waals surface area (Å²) >= 11 is 9.00. The van der Waals surface area contributed by atoms with Crippen molar-refractivity contribution in [3.63, 3.8) is 0 Å². The molecule has 2 aromatic carbocycles. The van der Waals surface area contributed by atoms with Gasteiger partial charge in [0.2, 0.25) is 5.91 Å². The van der Waals surface area contributed by atoms with E-state index in [1.165, 1.54) is 12.1 Å². The number of urea groups is 1. The van der Waals surface area contributed by atoms with Crippen molar-refractivity contribution in [1.29, 1.82) is 0 Å². The van der Waals surface area contributed by atoms with Gasteiger partial charge in [-0.05, 0) is 42.5 Å². The van der Waals surface area contributed by atoms with Crippen molar-refractivity contribution in [2.45, 2.75) is 12.5 Å². The summed E-state index contributed by atoms with van der Waals surface area (Å²) in [5.74, 6) is -0.641. The molecule has 0 bridgehead atoms. The Labute approximate surface area is 157 Å². The lowest BCUT2D eigenvalue weighted by atomic mass is 10.2. The molecule has 0 aliphatic carbocycles. The standard InChI is InChI=1S/C17H14BrClFN3O2/c18-10-1-6-15(14(20)7-10)22-17(25)21-12-8-16(24)23(9-12)13-4-2-11(19)3-5-13/h1-7,12H,8-9H2,(H2,21,22,25)/t12-/m1/s1. The molecular formula is C17H14BrClFN3O2. The van der Waals surface area contributed by atoms with E-state index >= 15 is 0 Å². The minimum absolute atomic E-state index is 0.0691. The Hall–Kier alpha value is -2.12. The number of hydrogen-bond acceptors (Lipinski definition) is 2. The van der Waals surface area contributed by atoms with Crippen molar-refractivity contribution < 1.29 is 14.0 Å². The molecule has 0 saturated carbocycles. The summed E-state index contributed by atoms with van der Waals surface area (Å²) < 4.78 is 14.3. The highest BCUT2D eigenvalue weighted by molar-refractivity contribution is 9.10. The number of anilines is 2. The molecular weight excluding hydrogens is 413 g/mol. The Morgan fingerprint density at radius 3 is 2.64 bits per heavy atom. The normalized spacial score (nSPS) is 16.8. The SMILES string of the molecule is O=C(Nc1ccc(Br)cc1F)N[C@@H]1CC(=O)N(c2ccc(Cl)cc2)C1. The fourth-order valence-electron chi connectivity index (χ4n) is 2.61.